The molecule has 23 heavy (non-hydrogen) atoms. The molecule has 0 bridgehead atoms. The van der Waals surface area contributed by atoms with Gasteiger partial charge in [0.25, 0.3) is 0 Å². The number of anilines is 1. The summed E-state index contributed by atoms with van der Waals surface area (Å²) in [6.07, 6.45) is 1.76. The zero-order chi connectivity index (χ0) is 16.4. The highest BCUT2D eigenvalue weighted by Crippen LogP contribution is 2.26. The molecule has 0 saturated heterocycles. The highest BCUT2D eigenvalue weighted by molar-refractivity contribution is 7.15. The highest BCUT2D eigenvalue weighted by Gasteiger charge is 2.17. The van der Waals surface area contributed by atoms with Crippen LogP contribution >= 0.6 is 11.3 Å². The van der Waals surface area contributed by atoms with Crippen molar-refractivity contribution in [1.82, 2.24) is 4.98 Å². The number of hydrogen-bond acceptors (Lipinski definition) is 4. The van der Waals surface area contributed by atoms with E-state index in [0.29, 0.717) is 5.13 Å². The molecule has 1 N–H and O–H groups in total. The maximum absolute atomic E-state index is 12.4. The number of aromatic nitrogens is 1. The normalized spacial score (nSPS) is 12.1. The van der Waals surface area contributed by atoms with Gasteiger partial charge in [-0.05, 0) is 42.3 Å². The van der Waals surface area contributed by atoms with Crippen LogP contribution in [0.4, 0.5) is 5.13 Å². The molecule has 1 heterocycles. The van der Waals surface area contributed by atoms with Crippen molar-refractivity contribution in [3.05, 3.63) is 53.0 Å². The molecule has 0 fully saturated rings. The molecular weight excluding hydrogens is 308 g/mol. The van der Waals surface area contributed by atoms with Gasteiger partial charge in [-0.2, -0.15) is 0 Å². The predicted molar refractivity (Wildman–Crippen MR) is 94.4 cm³/mol. The van der Waals surface area contributed by atoms with Gasteiger partial charge in [0.15, 0.2) is 5.13 Å². The fraction of sp³-hybridized carbons (Fsp3) is 0.222. The molecule has 5 heteroatoms. The van der Waals surface area contributed by atoms with Gasteiger partial charge in [0.2, 0.25) is 5.91 Å². The van der Waals surface area contributed by atoms with Crippen LogP contribution in [0.3, 0.4) is 0 Å². The summed E-state index contributed by atoms with van der Waals surface area (Å²) in [5.74, 6) is 0.535. The number of ether oxygens (including phenoxy) is 1. The predicted octanol–water partition coefficient (Wildman–Crippen LogP) is 4.36. The number of amides is 1. The third-order valence-electron chi connectivity index (χ3n) is 3.82. The van der Waals surface area contributed by atoms with Crippen molar-refractivity contribution in [3.63, 3.8) is 0 Å². The Morgan fingerprint density at radius 3 is 2.65 bits per heavy atom. The molecule has 3 rings (SSSR count). The van der Waals surface area contributed by atoms with E-state index in [2.05, 4.69) is 10.3 Å². The molecule has 1 aromatic heterocycles. The average molecular weight is 326 g/mol. The Morgan fingerprint density at radius 1 is 1.22 bits per heavy atom. The minimum Gasteiger partial charge on any atom is -0.497 e. The number of rotatable bonds is 4. The largest absolute Gasteiger partial charge is 0.497 e. The first-order chi connectivity index (χ1) is 11.1. The summed E-state index contributed by atoms with van der Waals surface area (Å²) in [5, 5.41) is 5.70. The molecule has 1 atom stereocenters. The van der Waals surface area contributed by atoms with E-state index in [1.165, 1.54) is 11.3 Å². The SMILES string of the molecule is COc1ccc2cc([C@H](C)C(=O)Nc3ncc(C)s3)ccc2c1. The smallest absolute Gasteiger partial charge is 0.233 e. The molecule has 0 spiro atoms. The molecule has 0 unspecified atom stereocenters. The summed E-state index contributed by atoms with van der Waals surface area (Å²) in [5.41, 5.74) is 0.980. The topological polar surface area (TPSA) is 51.2 Å². The van der Waals surface area contributed by atoms with Gasteiger partial charge in [0.05, 0.1) is 13.0 Å². The first-order valence-electron chi connectivity index (χ1n) is 7.38. The maximum Gasteiger partial charge on any atom is 0.233 e. The second-order valence-corrected chi connectivity index (χ2v) is 6.69. The van der Waals surface area contributed by atoms with Crippen LogP contribution in [-0.2, 0) is 4.79 Å². The van der Waals surface area contributed by atoms with Crippen molar-refractivity contribution in [2.45, 2.75) is 19.8 Å². The maximum atomic E-state index is 12.4. The minimum absolute atomic E-state index is 0.0489. The fourth-order valence-electron chi connectivity index (χ4n) is 2.42. The lowest BCUT2D eigenvalue weighted by molar-refractivity contribution is -0.117. The number of hydrogen-bond donors (Lipinski definition) is 1. The molecule has 3 aromatic rings. The summed E-state index contributed by atoms with van der Waals surface area (Å²) in [6.45, 7) is 3.87. The Morgan fingerprint density at radius 2 is 1.96 bits per heavy atom. The number of nitrogens with zero attached hydrogens (tertiary/aromatic N) is 1. The molecular formula is C18H18N2O2S. The Balaban J connectivity index is 1.82. The Bertz CT molecular complexity index is 857. The lowest BCUT2D eigenvalue weighted by Gasteiger charge is -2.12. The van der Waals surface area contributed by atoms with Gasteiger partial charge in [-0.3, -0.25) is 4.79 Å². The molecule has 0 aliphatic carbocycles. The fourth-order valence-corrected chi connectivity index (χ4v) is 3.08. The van der Waals surface area contributed by atoms with E-state index in [4.69, 9.17) is 4.74 Å². The molecule has 0 aliphatic rings. The zero-order valence-corrected chi connectivity index (χ0v) is 14.1. The Kier molecular flexibility index (Phi) is 4.30. The second-order valence-electron chi connectivity index (χ2n) is 5.46. The van der Waals surface area contributed by atoms with Gasteiger partial charge >= 0.3 is 0 Å². The Labute approximate surface area is 139 Å². The van der Waals surface area contributed by atoms with Gasteiger partial charge in [-0.1, -0.05) is 24.3 Å². The number of fused-ring (bicyclic) bond motifs is 1. The summed E-state index contributed by atoms with van der Waals surface area (Å²) >= 11 is 1.48. The van der Waals surface area contributed by atoms with Gasteiger partial charge in [0.1, 0.15) is 5.75 Å². The number of aryl methyl sites for hydroxylation is 1. The monoisotopic (exact) mass is 326 g/mol. The quantitative estimate of drug-likeness (QED) is 0.775. The minimum atomic E-state index is -0.245. The van der Waals surface area contributed by atoms with E-state index in [-0.39, 0.29) is 11.8 Å². The third kappa shape index (κ3) is 3.35. The van der Waals surface area contributed by atoms with E-state index < -0.39 is 0 Å². The van der Waals surface area contributed by atoms with Crippen LogP contribution in [0.2, 0.25) is 0 Å². The molecule has 1 amide bonds. The van der Waals surface area contributed by atoms with Gasteiger partial charge in [-0.25, -0.2) is 4.98 Å². The lowest BCUT2D eigenvalue weighted by atomic mass is 9.97. The Hall–Kier alpha value is -2.40. The number of carbonyl (C=O) groups is 1. The first kappa shape index (κ1) is 15.5. The standard InChI is InChI=1S/C18H18N2O2S/c1-11-10-19-18(23-11)20-17(21)12(2)13-4-5-15-9-16(22-3)7-6-14(15)8-13/h4-10,12H,1-3H3,(H,19,20,21)/t12-/m0/s1. The lowest BCUT2D eigenvalue weighted by Crippen LogP contribution is -2.18. The number of nitrogens with one attached hydrogen (secondary N) is 1. The number of benzene rings is 2. The number of methoxy groups -OCH3 is 1. The molecule has 118 valence electrons. The van der Waals surface area contributed by atoms with E-state index in [1.807, 2.05) is 50.2 Å². The highest BCUT2D eigenvalue weighted by atomic mass is 32.1. The average Bonchev–Trinajstić information content (AvgIpc) is 2.97. The summed E-state index contributed by atoms with van der Waals surface area (Å²) in [7, 11) is 1.66. The molecule has 0 radical (unpaired) electrons. The van der Waals surface area contributed by atoms with E-state index in [9.17, 15) is 4.79 Å². The summed E-state index contributed by atoms with van der Waals surface area (Å²) in [6, 6.07) is 12.0. The zero-order valence-electron chi connectivity index (χ0n) is 13.3. The van der Waals surface area contributed by atoms with E-state index in [0.717, 1.165) is 27.0 Å². The van der Waals surface area contributed by atoms with Crippen molar-refractivity contribution in [2.75, 3.05) is 12.4 Å². The van der Waals surface area contributed by atoms with E-state index in [1.54, 1.807) is 13.3 Å². The van der Waals surface area contributed by atoms with Crippen LogP contribution in [0.5, 0.6) is 5.75 Å². The molecule has 2 aromatic carbocycles. The van der Waals surface area contributed by atoms with Crippen LogP contribution in [-0.4, -0.2) is 18.0 Å². The molecule has 4 nitrogen and oxygen atoms in total. The number of thiazole rings is 1. The van der Waals surface area contributed by atoms with Crippen LogP contribution in [0.15, 0.2) is 42.6 Å². The first-order valence-corrected chi connectivity index (χ1v) is 8.19. The second kappa shape index (κ2) is 6.38. The van der Waals surface area contributed by atoms with Crippen LogP contribution in [0.1, 0.15) is 23.3 Å². The third-order valence-corrected chi connectivity index (χ3v) is 4.64. The van der Waals surface area contributed by atoms with Crippen molar-refractivity contribution < 1.29 is 9.53 Å². The number of carbonyl (C=O) groups excluding carboxylic acids is 1. The van der Waals surface area contributed by atoms with Crippen LogP contribution in [0.25, 0.3) is 10.8 Å². The van der Waals surface area contributed by atoms with Gasteiger partial charge < -0.3 is 10.1 Å². The van der Waals surface area contributed by atoms with Crippen LogP contribution in [0, 0.1) is 6.92 Å². The molecule has 0 saturated carbocycles. The van der Waals surface area contributed by atoms with Crippen molar-refractivity contribution >= 4 is 33.1 Å². The summed E-state index contributed by atoms with van der Waals surface area (Å²) in [4.78, 5) is 17.6. The molecule has 0 aliphatic heterocycles. The van der Waals surface area contributed by atoms with E-state index >= 15 is 0 Å². The van der Waals surface area contributed by atoms with Crippen LogP contribution < -0.4 is 10.1 Å². The van der Waals surface area contributed by atoms with Crippen molar-refractivity contribution in [1.29, 1.82) is 0 Å². The van der Waals surface area contributed by atoms with Crippen molar-refractivity contribution in [2.24, 2.45) is 0 Å². The van der Waals surface area contributed by atoms with Crippen molar-refractivity contribution in [3.8, 4) is 5.75 Å². The van der Waals surface area contributed by atoms with Gasteiger partial charge in [-0.15, -0.1) is 11.3 Å². The van der Waals surface area contributed by atoms with Gasteiger partial charge in [0, 0.05) is 11.1 Å². The summed E-state index contributed by atoms with van der Waals surface area (Å²) < 4.78 is 5.24.